The van der Waals surface area contributed by atoms with Crippen LogP contribution < -0.4 is 4.74 Å². The molecule has 0 aliphatic carbocycles. The van der Waals surface area contributed by atoms with E-state index in [2.05, 4.69) is 6.07 Å². The van der Waals surface area contributed by atoms with Crippen molar-refractivity contribution >= 4 is 16.6 Å². The average molecular weight is 405 g/mol. The summed E-state index contributed by atoms with van der Waals surface area (Å²) in [6, 6.07) is 33.7. The van der Waals surface area contributed by atoms with Gasteiger partial charge in [0, 0.05) is 17.9 Å². The fraction of sp³-hybridized carbons (Fsp3) is 0.143. The van der Waals surface area contributed by atoms with Crippen LogP contribution >= 0.6 is 0 Å². The molecule has 0 amide bonds. The van der Waals surface area contributed by atoms with Gasteiger partial charge in [-0.25, -0.2) is 0 Å². The predicted molar refractivity (Wildman–Crippen MR) is 123 cm³/mol. The standard InChI is InChI=1S/C28H23NO2/c1-31-23-14-7-13-22(17-23)28(30)18-26(21-9-3-2-4-10-21)27(19-29)25-16-8-12-20-11-5-6-15-24(20)25/h2-17,26-27H,18H2,1H3/t26-,27+/m0/s1. The molecule has 0 aliphatic rings. The van der Waals surface area contributed by atoms with E-state index in [0.717, 1.165) is 21.9 Å². The Kier molecular flexibility index (Phi) is 6.10. The summed E-state index contributed by atoms with van der Waals surface area (Å²) in [6.45, 7) is 0. The van der Waals surface area contributed by atoms with Crippen molar-refractivity contribution in [2.45, 2.75) is 18.3 Å². The van der Waals surface area contributed by atoms with E-state index in [0.29, 0.717) is 11.3 Å². The number of nitriles is 1. The summed E-state index contributed by atoms with van der Waals surface area (Å²) in [4.78, 5) is 13.2. The van der Waals surface area contributed by atoms with Crippen molar-refractivity contribution in [3.05, 3.63) is 114 Å². The van der Waals surface area contributed by atoms with E-state index >= 15 is 0 Å². The first-order valence-corrected chi connectivity index (χ1v) is 10.3. The Morgan fingerprint density at radius 1 is 0.903 bits per heavy atom. The Morgan fingerprint density at radius 2 is 1.61 bits per heavy atom. The number of ketones is 1. The third kappa shape index (κ3) is 4.34. The quantitative estimate of drug-likeness (QED) is 0.329. The Balaban J connectivity index is 1.77. The number of rotatable bonds is 7. The van der Waals surface area contributed by atoms with Crippen LogP contribution in [0.15, 0.2) is 97.1 Å². The molecular formula is C28H23NO2. The predicted octanol–water partition coefficient (Wildman–Crippen LogP) is 6.51. The molecule has 4 rings (SSSR count). The van der Waals surface area contributed by atoms with Gasteiger partial charge in [0.15, 0.2) is 5.78 Å². The fourth-order valence-electron chi connectivity index (χ4n) is 4.14. The van der Waals surface area contributed by atoms with Crippen molar-refractivity contribution in [1.29, 1.82) is 5.26 Å². The maximum Gasteiger partial charge on any atom is 0.163 e. The van der Waals surface area contributed by atoms with Gasteiger partial charge in [-0.3, -0.25) is 4.79 Å². The second-order valence-corrected chi connectivity index (χ2v) is 7.55. The number of Topliss-reactive ketones (excluding diaryl/α,β-unsaturated/α-hetero) is 1. The molecule has 0 aromatic heterocycles. The van der Waals surface area contributed by atoms with Crippen LogP contribution in [0.5, 0.6) is 5.75 Å². The molecule has 31 heavy (non-hydrogen) atoms. The van der Waals surface area contributed by atoms with Crippen LogP contribution in [-0.4, -0.2) is 12.9 Å². The zero-order valence-electron chi connectivity index (χ0n) is 17.4. The molecule has 3 nitrogen and oxygen atoms in total. The first-order valence-electron chi connectivity index (χ1n) is 10.3. The molecule has 2 atom stereocenters. The number of benzene rings is 4. The van der Waals surface area contributed by atoms with Crippen molar-refractivity contribution in [1.82, 2.24) is 0 Å². The highest BCUT2D eigenvalue weighted by atomic mass is 16.5. The first kappa shape index (κ1) is 20.4. The Bertz CT molecular complexity index is 1240. The highest BCUT2D eigenvalue weighted by Gasteiger charge is 2.29. The van der Waals surface area contributed by atoms with Crippen LogP contribution in [0.4, 0.5) is 0 Å². The molecule has 0 saturated carbocycles. The third-order valence-electron chi connectivity index (χ3n) is 5.72. The van der Waals surface area contributed by atoms with Gasteiger partial charge in [-0.2, -0.15) is 5.26 Å². The lowest BCUT2D eigenvalue weighted by Gasteiger charge is -2.24. The average Bonchev–Trinajstić information content (AvgIpc) is 2.84. The lowest BCUT2D eigenvalue weighted by Crippen LogP contribution is -2.15. The van der Waals surface area contributed by atoms with Crippen molar-refractivity contribution in [2.75, 3.05) is 7.11 Å². The zero-order chi connectivity index (χ0) is 21.6. The van der Waals surface area contributed by atoms with Gasteiger partial charge in [0.05, 0.1) is 19.1 Å². The van der Waals surface area contributed by atoms with Gasteiger partial charge < -0.3 is 4.74 Å². The monoisotopic (exact) mass is 405 g/mol. The summed E-state index contributed by atoms with van der Waals surface area (Å²) in [5.41, 5.74) is 2.53. The maximum atomic E-state index is 13.2. The summed E-state index contributed by atoms with van der Waals surface area (Å²) < 4.78 is 5.28. The van der Waals surface area contributed by atoms with Crippen molar-refractivity contribution in [3.8, 4) is 11.8 Å². The van der Waals surface area contributed by atoms with Crippen molar-refractivity contribution in [2.24, 2.45) is 0 Å². The van der Waals surface area contributed by atoms with Crippen molar-refractivity contribution in [3.63, 3.8) is 0 Å². The third-order valence-corrected chi connectivity index (χ3v) is 5.72. The number of fused-ring (bicyclic) bond motifs is 1. The number of carbonyl (C=O) groups is 1. The van der Waals surface area contributed by atoms with Crippen LogP contribution in [0.1, 0.15) is 39.7 Å². The number of hydrogen-bond acceptors (Lipinski definition) is 3. The largest absolute Gasteiger partial charge is 0.497 e. The second kappa shape index (κ2) is 9.28. The summed E-state index contributed by atoms with van der Waals surface area (Å²) in [6.07, 6.45) is 0.235. The summed E-state index contributed by atoms with van der Waals surface area (Å²) in [5.74, 6) is -0.0833. The highest BCUT2D eigenvalue weighted by Crippen LogP contribution is 2.39. The molecule has 4 aromatic carbocycles. The van der Waals surface area contributed by atoms with E-state index in [-0.39, 0.29) is 18.1 Å². The normalized spacial score (nSPS) is 12.6. The lowest BCUT2D eigenvalue weighted by atomic mass is 9.77. The van der Waals surface area contributed by atoms with Crippen molar-refractivity contribution < 1.29 is 9.53 Å². The fourth-order valence-corrected chi connectivity index (χ4v) is 4.14. The number of hydrogen-bond donors (Lipinski definition) is 0. The van der Waals surface area contributed by atoms with Crippen LogP contribution in [-0.2, 0) is 0 Å². The van der Waals surface area contributed by atoms with E-state index in [4.69, 9.17) is 4.74 Å². The molecule has 0 radical (unpaired) electrons. The molecule has 0 aliphatic heterocycles. The van der Waals surface area contributed by atoms with Gasteiger partial charge in [0.1, 0.15) is 5.75 Å². The number of methoxy groups -OCH3 is 1. The number of nitrogens with zero attached hydrogens (tertiary/aromatic N) is 1. The number of carbonyl (C=O) groups excluding carboxylic acids is 1. The molecule has 0 N–H and O–H groups in total. The van der Waals surface area contributed by atoms with E-state index in [1.165, 1.54) is 0 Å². The molecule has 0 saturated heterocycles. The molecule has 0 spiro atoms. The molecule has 4 aromatic rings. The van der Waals surface area contributed by atoms with E-state index in [9.17, 15) is 10.1 Å². The van der Waals surface area contributed by atoms with Crippen LogP contribution in [0.25, 0.3) is 10.8 Å². The summed E-state index contributed by atoms with van der Waals surface area (Å²) >= 11 is 0. The van der Waals surface area contributed by atoms with E-state index < -0.39 is 5.92 Å². The summed E-state index contributed by atoms with van der Waals surface area (Å²) in [7, 11) is 1.59. The van der Waals surface area contributed by atoms with Gasteiger partial charge in [-0.05, 0) is 34.0 Å². The van der Waals surface area contributed by atoms with Gasteiger partial charge in [-0.1, -0.05) is 84.9 Å². The lowest BCUT2D eigenvalue weighted by molar-refractivity contribution is 0.0971. The minimum Gasteiger partial charge on any atom is -0.497 e. The Labute approximate surface area is 182 Å². The maximum absolute atomic E-state index is 13.2. The SMILES string of the molecule is COc1cccc(C(=O)C[C@@H](c2ccccc2)[C@H](C#N)c2cccc3ccccc23)c1. The zero-order valence-corrected chi connectivity index (χ0v) is 17.4. The molecule has 0 bridgehead atoms. The van der Waals surface area contributed by atoms with E-state index in [1.807, 2.05) is 84.9 Å². The molecule has 3 heteroatoms. The van der Waals surface area contributed by atoms with Gasteiger partial charge in [0.25, 0.3) is 0 Å². The van der Waals surface area contributed by atoms with Crippen LogP contribution in [0.2, 0.25) is 0 Å². The molecule has 0 fully saturated rings. The number of ether oxygens (including phenoxy) is 1. The molecule has 0 heterocycles. The minimum absolute atomic E-state index is 0.00626. The topological polar surface area (TPSA) is 50.1 Å². The molecule has 152 valence electrons. The van der Waals surface area contributed by atoms with Gasteiger partial charge in [0.2, 0.25) is 0 Å². The smallest absolute Gasteiger partial charge is 0.163 e. The summed E-state index contributed by atoms with van der Waals surface area (Å²) in [5, 5.41) is 12.4. The molecule has 0 unspecified atom stereocenters. The minimum atomic E-state index is -0.456. The Hall–Kier alpha value is -3.90. The van der Waals surface area contributed by atoms with Crippen LogP contribution in [0, 0.1) is 11.3 Å². The van der Waals surface area contributed by atoms with Crippen LogP contribution in [0.3, 0.4) is 0 Å². The first-order chi connectivity index (χ1) is 15.2. The molecular weight excluding hydrogens is 382 g/mol. The second-order valence-electron chi connectivity index (χ2n) is 7.55. The van der Waals surface area contributed by atoms with Gasteiger partial charge in [-0.15, -0.1) is 0 Å². The van der Waals surface area contributed by atoms with E-state index in [1.54, 1.807) is 19.2 Å². The Morgan fingerprint density at radius 3 is 2.39 bits per heavy atom. The highest BCUT2D eigenvalue weighted by molar-refractivity contribution is 5.97. The van der Waals surface area contributed by atoms with Gasteiger partial charge >= 0.3 is 0 Å².